The summed E-state index contributed by atoms with van der Waals surface area (Å²) in [5.74, 6) is 0. The number of nitrogens with one attached hydrogen (secondary N) is 1. The van der Waals surface area contributed by atoms with Crippen molar-refractivity contribution in [3.05, 3.63) is 0 Å². The summed E-state index contributed by atoms with van der Waals surface area (Å²) in [6.45, 7) is 8.51. The fourth-order valence-corrected chi connectivity index (χ4v) is 0.846. The SMILES string of the molecule is CCN(CC)CCNOC. The van der Waals surface area contributed by atoms with Crippen molar-refractivity contribution < 1.29 is 4.84 Å². The Morgan fingerprint density at radius 1 is 1.30 bits per heavy atom. The van der Waals surface area contributed by atoms with Crippen LogP contribution in [-0.4, -0.2) is 38.2 Å². The predicted octanol–water partition coefficient (Wildman–Crippen LogP) is 0.479. The lowest BCUT2D eigenvalue weighted by Crippen LogP contribution is -2.31. The quantitative estimate of drug-likeness (QED) is 0.436. The van der Waals surface area contributed by atoms with Crippen LogP contribution in [0.3, 0.4) is 0 Å². The molecule has 3 heteroatoms. The van der Waals surface area contributed by atoms with Crippen LogP contribution in [0.4, 0.5) is 0 Å². The number of hydrogen-bond donors (Lipinski definition) is 1. The van der Waals surface area contributed by atoms with Crippen molar-refractivity contribution in [1.82, 2.24) is 10.4 Å². The van der Waals surface area contributed by atoms with Gasteiger partial charge in [-0.2, -0.15) is 0 Å². The molecule has 0 amide bonds. The first kappa shape index (κ1) is 9.88. The highest BCUT2D eigenvalue weighted by molar-refractivity contribution is 4.51. The Balaban J connectivity index is 3.09. The van der Waals surface area contributed by atoms with Crippen LogP contribution in [0.15, 0.2) is 0 Å². The van der Waals surface area contributed by atoms with E-state index in [1.807, 2.05) is 0 Å². The van der Waals surface area contributed by atoms with Crippen LogP contribution in [0.25, 0.3) is 0 Å². The topological polar surface area (TPSA) is 24.5 Å². The van der Waals surface area contributed by atoms with Gasteiger partial charge in [-0.15, -0.1) is 0 Å². The first-order valence-electron chi connectivity index (χ1n) is 3.83. The summed E-state index contributed by atoms with van der Waals surface area (Å²) in [4.78, 5) is 7.04. The van der Waals surface area contributed by atoms with E-state index in [2.05, 4.69) is 24.2 Å². The zero-order valence-electron chi connectivity index (χ0n) is 7.18. The third kappa shape index (κ3) is 4.73. The van der Waals surface area contributed by atoms with E-state index in [9.17, 15) is 0 Å². The average Bonchev–Trinajstić information content (AvgIpc) is 1.99. The Morgan fingerprint density at radius 3 is 2.30 bits per heavy atom. The van der Waals surface area contributed by atoms with Crippen molar-refractivity contribution in [2.75, 3.05) is 33.3 Å². The van der Waals surface area contributed by atoms with Gasteiger partial charge in [-0.1, -0.05) is 13.8 Å². The van der Waals surface area contributed by atoms with E-state index in [0.717, 1.165) is 26.2 Å². The van der Waals surface area contributed by atoms with Gasteiger partial charge < -0.3 is 9.74 Å². The number of hydrogen-bond acceptors (Lipinski definition) is 3. The Hall–Kier alpha value is -0.120. The molecule has 0 saturated carbocycles. The minimum Gasteiger partial charge on any atom is -0.305 e. The smallest absolute Gasteiger partial charge is 0.0572 e. The monoisotopic (exact) mass is 146 g/mol. The molecule has 10 heavy (non-hydrogen) atoms. The highest BCUT2D eigenvalue weighted by atomic mass is 16.6. The number of nitrogens with zero attached hydrogens (tertiary/aromatic N) is 1. The number of rotatable bonds is 6. The maximum atomic E-state index is 4.70. The fraction of sp³-hybridized carbons (Fsp3) is 1.00. The van der Waals surface area contributed by atoms with Crippen molar-refractivity contribution in [2.24, 2.45) is 0 Å². The standard InChI is InChI=1S/C7H18N2O/c1-4-9(5-2)7-6-8-10-3/h8H,4-7H2,1-3H3. The summed E-state index contributed by atoms with van der Waals surface area (Å²) in [5, 5.41) is 0. The molecule has 0 atom stereocenters. The highest BCUT2D eigenvalue weighted by Crippen LogP contribution is 1.83. The van der Waals surface area contributed by atoms with Gasteiger partial charge in [0.2, 0.25) is 0 Å². The molecule has 0 rings (SSSR count). The summed E-state index contributed by atoms with van der Waals surface area (Å²) < 4.78 is 0. The molecule has 1 N–H and O–H groups in total. The molecule has 0 radical (unpaired) electrons. The highest BCUT2D eigenvalue weighted by Gasteiger charge is 1.95. The average molecular weight is 146 g/mol. The molecule has 0 heterocycles. The second-order valence-electron chi connectivity index (χ2n) is 2.13. The molecule has 0 bridgehead atoms. The lowest BCUT2D eigenvalue weighted by atomic mass is 10.5. The van der Waals surface area contributed by atoms with Gasteiger partial charge in [0, 0.05) is 13.1 Å². The van der Waals surface area contributed by atoms with Crippen molar-refractivity contribution in [3.8, 4) is 0 Å². The molecule has 62 valence electrons. The molecule has 0 aromatic carbocycles. The van der Waals surface area contributed by atoms with Crippen LogP contribution in [-0.2, 0) is 4.84 Å². The van der Waals surface area contributed by atoms with Crippen LogP contribution in [0, 0.1) is 0 Å². The van der Waals surface area contributed by atoms with E-state index in [4.69, 9.17) is 4.84 Å². The van der Waals surface area contributed by atoms with E-state index >= 15 is 0 Å². The van der Waals surface area contributed by atoms with Crippen molar-refractivity contribution in [2.45, 2.75) is 13.8 Å². The van der Waals surface area contributed by atoms with Gasteiger partial charge in [-0.25, -0.2) is 5.48 Å². The molecule has 0 aromatic heterocycles. The van der Waals surface area contributed by atoms with Crippen LogP contribution in [0.1, 0.15) is 13.8 Å². The summed E-state index contributed by atoms with van der Waals surface area (Å²) in [5.41, 5.74) is 2.81. The molecule has 0 aliphatic rings. The summed E-state index contributed by atoms with van der Waals surface area (Å²) in [6, 6.07) is 0. The predicted molar refractivity (Wildman–Crippen MR) is 42.8 cm³/mol. The third-order valence-corrected chi connectivity index (χ3v) is 1.57. The molecule has 3 nitrogen and oxygen atoms in total. The molecular formula is C7H18N2O. The molecule has 0 saturated heterocycles. The molecular weight excluding hydrogens is 128 g/mol. The fourth-order valence-electron chi connectivity index (χ4n) is 0.846. The Kier molecular flexibility index (Phi) is 6.91. The Morgan fingerprint density at radius 2 is 1.90 bits per heavy atom. The van der Waals surface area contributed by atoms with E-state index < -0.39 is 0 Å². The zero-order valence-corrected chi connectivity index (χ0v) is 7.18. The molecule has 0 unspecified atom stereocenters. The summed E-state index contributed by atoms with van der Waals surface area (Å²) >= 11 is 0. The van der Waals surface area contributed by atoms with Crippen molar-refractivity contribution >= 4 is 0 Å². The lowest BCUT2D eigenvalue weighted by Gasteiger charge is -2.17. The van der Waals surface area contributed by atoms with Gasteiger partial charge in [-0.05, 0) is 13.1 Å². The largest absolute Gasteiger partial charge is 0.305 e. The van der Waals surface area contributed by atoms with Crippen LogP contribution in [0.5, 0.6) is 0 Å². The maximum absolute atomic E-state index is 4.70. The van der Waals surface area contributed by atoms with E-state index in [1.54, 1.807) is 7.11 Å². The molecule has 0 aliphatic carbocycles. The summed E-state index contributed by atoms with van der Waals surface area (Å²) in [6.07, 6.45) is 0. The van der Waals surface area contributed by atoms with Gasteiger partial charge in [0.1, 0.15) is 0 Å². The van der Waals surface area contributed by atoms with E-state index in [1.165, 1.54) is 0 Å². The second kappa shape index (κ2) is 6.99. The number of hydroxylamine groups is 1. The van der Waals surface area contributed by atoms with E-state index in [-0.39, 0.29) is 0 Å². The minimum atomic E-state index is 0.901. The second-order valence-corrected chi connectivity index (χ2v) is 2.13. The van der Waals surface area contributed by atoms with Crippen molar-refractivity contribution in [3.63, 3.8) is 0 Å². The third-order valence-electron chi connectivity index (χ3n) is 1.57. The minimum absolute atomic E-state index is 0.901. The van der Waals surface area contributed by atoms with Crippen LogP contribution < -0.4 is 5.48 Å². The van der Waals surface area contributed by atoms with Gasteiger partial charge in [0.05, 0.1) is 7.11 Å². The van der Waals surface area contributed by atoms with Crippen LogP contribution >= 0.6 is 0 Å². The summed E-state index contributed by atoms with van der Waals surface area (Å²) in [7, 11) is 1.64. The van der Waals surface area contributed by atoms with E-state index in [0.29, 0.717) is 0 Å². The zero-order chi connectivity index (χ0) is 7.82. The normalized spacial score (nSPS) is 10.8. The first-order chi connectivity index (χ1) is 4.85. The first-order valence-corrected chi connectivity index (χ1v) is 3.83. The Bertz CT molecular complexity index is 64.6. The van der Waals surface area contributed by atoms with Crippen molar-refractivity contribution in [1.29, 1.82) is 0 Å². The van der Waals surface area contributed by atoms with Gasteiger partial charge in [0.25, 0.3) is 0 Å². The number of likely N-dealkylation sites (N-methyl/N-ethyl adjacent to an activating group) is 1. The molecule has 0 aliphatic heterocycles. The maximum Gasteiger partial charge on any atom is 0.0572 e. The van der Waals surface area contributed by atoms with Gasteiger partial charge in [-0.3, -0.25) is 0 Å². The lowest BCUT2D eigenvalue weighted by molar-refractivity contribution is 0.0834. The van der Waals surface area contributed by atoms with Gasteiger partial charge in [0.15, 0.2) is 0 Å². The van der Waals surface area contributed by atoms with Crippen LogP contribution in [0.2, 0.25) is 0 Å². The molecule has 0 fully saturated rings. The molecule has 0 spiro atoms. The Labute approximate surface area is 63.3 Å². The molecule has 0 aromatic rings. The van der Waals surface area contributed by atoms with Gasteiger partial charge >= 0.3 is 0 Å².